The first kappa shape index (κ1) is 24.0. The Hall–Kier alpha value is -4.10. The summed E-state index contributed by atoms with van der Waals surface area (Å²) in [5.41, 5.74) is 3.87. The molecule has 0 unspecified atom stereocenters. The molecule has 178 valence electrons. The van der Waals surface area contributed by atoms with Crippen LogP contribution in [0.3, 0.4) is 0 Å². The molecule has 9 nitrogen and oxygen atoms in total. The average Bonchev–Trinajstić information content (AvgIpc) is 3.41. The second-order valence-electron chi connectivity index (χ2n) is 7.70. The number of carbonyl (C=O) groups is 1. The Kier molecular flexibility index (Phi) is 7.17. The highest BCUT2D eigenvalue weighted by molar-refractivity contribution is 7.99. The summed E-state index contributed by atoms with van der Waals surface area (Å²) in [5, 5.41) is 22.0. The molecule has 0 aliphatic rings. The van der Waals surface area contributed by atoms with Gasteiger partial charge in [0, 0.05) is 35.9 Å². The fourth-order valence-corrected chi connectivity index (χ4v) is 4.61. The van der Waals surface area contributed by atoms with E-state index in [4.69, 9.17) is 4.74 Å². The number of rotatable bonds is 8. The number of pyridine rings is 1. The van der Waals surface area contributed by atoms with E-state index in [0.717, 1.165) is 34.1 Å². The summed E-state index contributed by atoms with van der Waals surface area (Å²) in [4.78, 5) is 17.0. The van der Waals surface area contributed by atoms with Crippen LogP contribution in [0.1, 0.15) is 23.7 Å². The minimum atomic E-state index is -0.241. The maximum atomic E-state index is 13.0. The van der Waals surface area contributed by atoms with Crippen LogP contribution >= 0.6 is 11.8 Å². The van der Waals surface area contributed by atoms with Crippen LogP contribution < -0.4 is 10.1 Å². The third-order valence-corrected chi connectivity index (χ3v) is 6.68. The predicted octanol–water partition coefficient (Wildman–Crippen LogP) is 4.38. The summed E-state index contributed by atoms with van der Waals surface area (Å²) >= 11 is 1.30. The molecule has 0 bridgehead atoms. The van der Waals surface area contributed by atoms with Gasteiger partial charge in [-0.3, -0.25) is 14.3 Å². The smallest absolute Gasteiger partial charge is 0.236 e. The molecule has 1 amide bonds. The Morgan fingerprint density at radius 3 is 2.49 bits per heavy atom. The molecule has 1 aromatic carbocycles. The molecule has 10 heteroatoms. The molecule has 0 aliphatic heterocycles. The molecule has 3 heterocycles. The highest BCUT2D eigenvalue weighted by Crippen LogP contribution is 2.31. The second kappa shape index (κ2) is 10.4. The van der Waals surface area contributed by atoms with Gasteiger partial charge in [0.15, 0.2) is 11.0 Å². The van der Waals surface area contributed by atoms with Gasteiger partial charge >= 0.3 is 0 Å². The van der Waals surface area contributed by atoms with Crippen LogP contribution in [0.2, 0.25) is 0 Å². The lowest BCUT2D eigenvalue weighted by molar-refractivity contribution is -0.113. The van der Waals surface area contributed by atoms with Crippen molar-refractivity contribution in [2.75, 3.05) is 18.2 Å². The quantitative estimate of drug-likeness (QED) is 0.367. The number of nitriles is 1. The van der Waals surface area contributed by atoms with Crippen LogP contribution in [0.5, 0.6) is 5.75 Å². The number of nitrogens with one attached hydrogen (secondary N) is 1. The van der Waals surface area contributed by atoms with E-state index in [2.05, 4.69) is 26.6 Å². The summed E-state index contributed by atoms with van der Waals surface area (Å²) in [6, 6.07) is 13.5. The van der Waals surface area contributed by atoms with E-state index in [9.17, 15) is 10.1 Å². The predicted molar refractivity (Wildman–Crippen MR) is 135 cm³/mol. The molecule has 0 saturated heterocycles. The standard InChI is InChI=1S/C25H25N7O2S/c1-5-31-23(18-10-12-27-13-11-18)29-30-25(31)35-15-22(33)28-24-21(14-26)16(2)17(3)32(24)19-6-8-20(34-4)9-7-19/h6-13H,5,15H2,1-4H3,(H,28,33). The molecule has 0 fully saturated rings. The number of hydrogen-bond donors (Lipinski definition) is 1. The minimum absolute atomic E-state index is 0.116. The molecule has 0 saturated carbocycles. The van der Waals surface area contributed by atoms with Gasteiger partial charge in [-0.05, 0) is 62.7 Å². The summed E-state index contributed by atoms with van der Waals surface area (Å²) < 4.78 is 9.09. The minimum Gasteiger partial charge on any atom is -0.497 e. The first-order chi connectivity index (χ1) is 17.0. The molecule has 0 radical (unpaired) electrons. The maximum absolute atomic E-state index is 13.0. The average molecular weight is 488 g/mol. The fourth-order valence-electron chi connectivity index (χ4n) is 3.81. The van der Waals surface area contributed by atoms with E-state index in [1.54, 1.807) is 19.5 Å². The number of anilines is 1. The Balaban J connectivity index is 1.57. The van der Waals surface area contributed by atoms with Gasteiger partial charge in [-0.2, -0.15) is 5.26 Å². The number of carbonyl (C=O) groups excluding carboxylic acids is 1. The molecule has 0 atom stereocenters. The Bertz CT molecular complexity index is 1390. The van der Waals surface area contributed by atoms with Crippen molar-refractivity contribution in [3.63, 3.8) is 0 Å². The van der Waals surface area contributed by atoms with E-state index < -0.39 is 0 Å². The topological polar surface area (TPSA) is 111 Å². The van der Waals surface area contributed by atoms with Gasteiger partial charge < -0.3 is 14.6 Å². The van der Waals surface area contributed by atoms with E-state index in [0.29, 0.717) is 23.1 Å². The van der Waals surface area contributed by atoms with E-state index >= 15 is 0 Å². The number of methoxy groups -OCH3 is 1. The monoisotopic (exact) mass is 487 g/mol. The lowest BCUT2D eigenvalue weighted by Gasteiger charge is -2.14. The zero-order valence-corrected chi connectivity index (χ0v) is 20.8. The van der Waals surface area contributed by atoms with Gasteiger partial charge in [0.2, 0.25) is 5.91 Å². The van der Waals surface area contributed by atoms with Crippen LogP contribution in [0.25, 0.3) is 17.1 Å². The van der Waals surface area contributed by atoms with E-state index in [1.807, 2.05) is 66.3 Å². The second-order valence-corrected chi connectivity index (χ2v) is 8.64. The number of nitrogens with zero attached hydrogens (tertiary/aromatic N) is 6. The lowest BCUT2D eigenvalue weighted by atomic mass is 10.2. The molecule has 35 heavy (non-hydrogen) atoms. The van der Waals surface area contributed by atoms with Crippen LogP contribution in [0.15, 0.2) is 53.9 Å². The van der Waals surface area contributed by atoms with Crippen LogP contribution in [0, 0.1) is 25.2 Å². The molecule has 1 N–H and O–H groups in total. The summed E-state index contributed by atoms with van der Waals surface area (Å²) in [7, 11) is 1.61. The van der Waals surface area contributed by atoms with Crippen LogP contribution in [-0.4, -0.2) is 43.1 Å². The first-order valence-corrected chi connectivity index (χ1v) is 12.0. The van der Waals surface area contributed by atoms with Crippen molar-refractivity contribution in [1.82, 2.24) is 24.3 Å². The summed E-state index contributed by atoms with van der Waals surface area (Å²) in [6.45, 7) is 6.47. The summed E-state index contributed by atoms with van der Waals surface area (Å²) in [5.74, 6) is 1.78. The van der Waals surface area contributed by atoms with Gasteiger partial charge in [-0.1, -0.05) is 11.8 Å². The Morgan fingerprint density at radius 1 is 1.14 bits per heavy atom. The summed E-state index contributed by atoms with van der Waals surface area (Å²) in [6.07, 6.45) is 3.41. The van der Waals surface area contributed by atoms with Crippen LogP contribution in [-0.2, 0) is 11.3 Å². The van der Waals surface area contributed by atoms with Gasteiger partial charge in [-0.25, -0.2) is 0 Å². The van der Waals surface area contributed by atoms with E-state index in [1.165, 1.54) is 11.8 Å². The number of aromatic nitrogens is 5. The van der Waals surface area contributed by atoms with Crippen molar-refractivity contribution in [3.8, 4) is 28.9 Å². The van der Waals surface area contributed by atoms with Gasteiger partial charge in [0.1, 0.15) is 17.6 Å². The Labute approximate surface area is 207 Å². The first-order valence-electron chi connectivity index (χ1n) is 11.0. The molecule has 0 aliphatic carbocycles. The van der Waals surface area contributed by atoms with Crippen molar-refractivity contribution in [3.05, 3.63) is 65.6 Å². The third kappa shape index (κ3) is 4.76. The van der Waals surface area contributed by atoms with Gasteiger partial charge in [-0.15, -0.1) is 10.2 Å². The van der Waals surface area contributed by atoms with Crippen molar-refractivity contribution < 1.29 is 9.53 Å². The number of benzene rings is 1. The SMILES string of the molecule is CCn1c(SCC(=O)Nc2c(C#N)c(C)c(C)n2-c2ccc(OC)cc2)nnc1-c1ccncc1. The molecular formula is C25H25N7O2S. The van der Waals surface area contributed by atoms with E-state index in [-0.39, 0.29) is 11.7 Å². The Morgan fingerprint density at radius 2 is 1.86 bits per heavy atom. The fraction of sp³-hybridized carbons (Fsp3) is 0.240. The molecule has 4 rings (SSSR count). The molecule has 4 aromatic rings. The molecule has 0 spiro atoms. The number of ether oxygens (including phenoxy) is 1. The van der Waals surface area contributed by atoms with Gasteiger partial charge in [0.05, 0.1) is 18.4 Å². The normalized spacial score (nSPS) is 10.7. The number of hydrogen-bond acceptors (Lipinski definition) is 7. The number of thioether (sulfide) groups is 1. The van der Waals surface area contributed by atoms with Crippen molar-refractivity contribution in [2.24, 2.45) is 0 Å². The molecule has 3 aromatic heterocycles. The van der Waals surface area contributed by atoms with Crippen molar-refractivity contribution in [2.45, 2.75) is 32.5 Å². The number of amides is 1. The largest absolute Gasteiger partial charge is 0.497 e. The van der Waals surface area contributed by atoms with Crippen molar-refractivity contribution >= 4 is 23.5 Å². The van der Waals surface area contributed by atoms with Gasteiger partial charge in [0.25, 0.3) is 0 Å². The maximum Gasteiger partial charge on any atom is 0.236 e. The zero-order chi connectivity index (χ0) is 24.9. The van der Waals surface area contributed by atoms with Crippen LogP contribution in [0.4, 0.5) is 5.82 Å². The lowest BCUT2D eigenvalue weighted by Crippen LogP contribution is -2.18. The molecular weight excluding hydrogens is 462 g/mol. The zero-order valence-electron chi connectivity index (χ0n) is 19.9. The highest BCUT2D eigenvalue weighted by atomic mass is 32.2. The third-order valence-electron chi connectivity index (χ3n) is 5.72. The highest BCUT2D eigenvalue weighted by Gasteiger charge is 2.21. The van der Waals surface area contributed by atoms with Crippen molar-refractivity contribution in [1.29, 1.82) is 5.26 Å².